The number of nitrogens with zero attached hydrogens (tertiary/aromatic N) is 1. The van der Waals surface area contributed by atoms with Crippen LogP contribution in [0.25, 0.3) is 0 Å². The molecule has 0 atom stereocenters. The number of aryl methyl sites for hydroxylation is 1. The van der Waals surface area contributed by atoms with E-state index in [9.17, 15) is 8.42 Å². The Balaban J connectivity index is 1.97. The summed E-state index contributed by atoms with van der Waals surface area (Å²) in [5.41, 5.74) is 1.10. The van der Waals surface area contributed by atoms with Crippen LogP contribution in [0.3, 0.4) is 0 Å². The van der Waals surface area contributed by atoms with Crippen LogP contribution in [0.1, 0.15) is 5.69 Å². The first-order chi connectivity index (χ1) is 8.59. The maximum Gasteiger partial charge on any atom is 0.240 e. The quantitative estimate of drug-likeness (QED) is 0.890. The van der Waals surface area contributed by atoms with Gasteiger partial charge in [0.15, 0.2) is 0 Å². The van der Waals surface area contributed by atoms with E-state index in [0.29, 0.717) is 17.9 Å². The summed E-state index contributed by atoms with van der Waals surface area (Å²) in [7, 11) is -1.44. The van der Waals surface area contributed by atoms with Crippen molar-refractivity contribution in [2.45, 2.75) is 11.3 Å². The van der Waals surface area contributed by atoms with Gasteiger partial charge in [-0.3, -0.25) is 0 Å². The topological polar surface area (TPSA) is 51.1 Å². The highest BCUT2D eigenvalue weighted by Crippen LogP contribution is 2.07. The molecule has 0 unspecified atom stereocenters. The summed E-state index contributed by atoms with van der Waals surface area (Å²) in [5.74, 6) is 0. The Bertz CT molecular complexity index is 603. The number of aromatic nitrogens is 1. The van der Waals surface area contributed by atoms with Gasteiger partial charge < -0.3 is 4.57 Å². The van der Waals surface area contributed by atoms with Crippen molar-refractivity contribution in [2.75, 3.05) is 6.54 Å². The molecule has 0 fully saturated rings. The van der Waals surface area contributed by atoms with Gasteiger partial charge in [-0.1, -0.05) is 18.2 Å². The molecule has 0 aliphatic heterocycles. The Morgan fingerprint density at radius 2 is 1.83 bits per heavy atom. The van der Waals surface area contributed by atoms with Crippen molar-refractivity contribution in [2.24, 2.45) is 7.05 Å². The van der Waals surface area contributed by atoms with Crippen LogP contribution in [0.2, 0.25) is 0 Å². The first-order valence-corrected chi connectivity index (χ1v) is 7.23. The van der Waals surface area contributed by atoms with E-state index in [0.717, 1.165) is 5.69 Å². The van der Waals surface area contributed by atoms with Crippen molar-refractivity contribution in [1.82, 2.24) is 9.29 Å². The molecular weight excluding hydrogens is 248 g/mol. The number of sulfonamides is 1. The average molecular weight is 264 g/mol. The molecule has 1 N–H and O–H groups in total. The third-order valence-corrected chi connectivity index (χ3v) is 4.25. The lowest BCUT2D eigenvalue weighted by Crippen LogP contribution is -2.26. The van der Waals surface area contributed by atoms with E-state index >= 15 is 0 Å². The fraction of sp³-hybridized carbons (Fsp3) is 0.231. The number of hydrogen-bond donors (Lipinski definition) is 1. The Morgan fingerprint density at radius 3 is 2.44 bits per heavy atom. The van der Waals surface area contributed by atoms with Gasteiger partial charge in [-0.05, 0) is 24.3 Å². The lowest BCUT2D eigenvalue weighted by molar-refractivity contribution is 0.580. The molecule has 0 spiro atoms. The third kappa shape index (κ3) is 3.00. The standard InChI is InChI=1S/C13H16N2O2S/c1-15-11-5-6-12(15)9-10-14-18(16,17)13-7-3-2-4-8-13/h2-8,11,14H,9-10H2,1H3. The van der Waals surface area contributed by atoms with E-state index in [1.807, 2.05) is 29.9 Å². The molecule has 4 nitrogen and oxygen atoms in total. The minimum atomic E-state index is -3.39. The van der Waals surface area contributed by atoms with Crippen LogP contribution in [0.4, 0.5) is 0 Å². The van der Waals surface area contributed by atoms with Crippen molar-refractivity contribution in [3.05, 3.63) is 54.4 Å². The van der Waals surface area contributed by atoms with E-state index in [4.69, 9.17) is 0 Å². The average Bonchev–Trinajstić information content (AvgIpc) is 2.76. The molecule has 2 aromatic rings. The molecule has 0 saturated carbocycles. The Hall–Kier alpha value is -1.59. The van der Waals surface area contributed by atoms with Gasteiger partial charge in [0, 0.05) is 31.9 Å². The number of hydrogen-bond acceptors (Lipinski definition) is 2. The van der Waals surface area contributed by atoms with Crippen LogP contribution >= 0.6 is 0 Å². The second-order valence-electron chi connectivity index (χ2n) is 4.07. The normalized spacial score (nSPS) is 11.6. The van der Waals surface area contributed by atoms with E-state index in [-0.39, 0.29) is 0 Å². The number of benzene rings is 1. The minimum Gasteiger partial charge on any atom is -0.354 e. The van der Waals surface area contributed by atoms with Crippen LogP contribution in [-0.4, -0.2) is 19.5 Å². The van der Waals surface area contributed by atoms with Crippen molar-refractivity contribution in [1.29, 1.82) is 0 Å². The largest absolute Gasteiger partial charge is 0.354 e. The van der Waals surface area contributed by atoms with Crippen molar-refractivity contribution >= 4 is 10.0 Å². The molecule has 0 saturated heterocycles. The molecule has 5 heteroatoms. The molecular formula is C13H16N2O2S. The summed E-state index contributed by atoms with van der Waals surface area (Å²) in [6.45, 7) is 0.398. The summed E-state index contributed by atoms with van der Waals surface area (Å²) in [6, 6.07) is 12.3. The summed E-state index contributed by atoms with van der Waals surface area (Å²) in [5, 5.41) is 0. The maximum absolute atomic E-state index is 11.9. The molecule has 96 valence electrons. The van der Waals surface area contributed by atoms with Crippen LogP contribution in [0, 0.1) is 0 Å². The van der Waals surface area contributed by atoms with Crippen LogP contribution in [-0.2, 0) is 23.5 Å². The fourth-order valence-electron chi connectivity index (χ4n) is 1.75. The minimum absolute atomic E-state index is 0.303. The highest BCUT2D eigenvalue weighted by atomic mass is 32.2. The lowest BCUT2D eigenvalue weighted by atomic mass is 10.3. The molecule has 0 amide bonds. The molecule has 0 radical (unpaired) electrons. The summed E-state index contributed by atoms with van der Waals surface area (Å²) < 4.78 is 28.4. The highest BCUT2D eigenvalue weighted by molar-refractivity contribution is 7.89. The van der Waals surface area contributed by atoms with Gasteiger partial charge in [0.1, 0.15) is 0 Å². The second-order valence-corrected chi connectivity index (χ2v) is 5.84. The summed E-state index contributed by atoms with van der Waals surface area (Å²) in [6.07, 6.45) is 2.62. The molecule has 1 heterocycles. The van der Waals surface area contributed by atoms with Crippen LogP contribution < -0.4 is 4.72 Å². The molecule has 1 aromatic carbocycles. The summed E-state index contributed by atoms with van der Waals surface area (Å²) in [4.78, 5) is 0.303. The Morgan fingerprint density at radius 1 is 1.11 bits per heavy atom. The fourth-order valence-corrected chi connectivity index (χ4v) is 2.81. The lowest BCUT2D eigenvalue weighted by Gasteiger charge is -2.07. The first-order valence-electron chi connectivity index (χ1n) is 5.74. The van der Waals surface area contributed by atoms with Crippen LogP contribution in [0.15, 0.2) is 53.6 Å². The Labute approximate surface area is 107 Å². The zero-order chi connectivity index (χ0) is 13.0. The van der Waals surface area contributed by atoms with Crippen molar-refractivity contribution in [3.8, 4) is 0 Å². The van der Waals surface area contributed by atoms with E-state index in [2.05, 4.69) is 4.72 Å². The van der Waals surface area contributed by atoms with Gasteiger partial charge >= 0.3 is 0 Å². The van der Waals surface area contributed by atoms with Gasteiger partial charge in [-0.2, -0.15) is 0 Å². The SMILES string of the molecule is Cn1cccc1CCNS(=O)(=O)c1ccccc1. The molecule has 2 rings (SSSR count). The van der Waals surface area contributed by atoms with Crippen LogP contribution in [0.5, 0.6) is 0 Å². The van der Waals surface area contributed by atoms with Gasteiger partial charge in [0.25, 0.3) is 0 Å². The molecule has 0 aliphatic rings. The van der Waals surface area contributed by atoms with Gasteiger partial charge in [-0.15, -0.1) is 0 Å². The third-order valence-electron chi connectivity index (χ3n) is 2.78. The molecule has 1 aromatic heterocycles. The summed E-state index contributed by atoms with van der Waals surface area (Å²) >= 11 is 0. The number of rotatable bonds is 5. The van der Waals surface area contributed by atoms with E-state index < -0.39 is 10.0 Å². The van der Waals surface area contributed by atoms with Gasteiger partial charge in [0.2, 0.25) is 10.0 Å². The number of nitrogens with one attached hydrogen (secondary N) is 1. The van der Waals surface area contributed by atoms with E-state index in [1.165, 1.54) is 0 Å². The predicted octanol–water partition coefficient (Wildman–Crippen LogP) is 1.55. The van der Waals surface area contributed by atoms with Crippen molar-refractivity contribution in [3.63, 3.8) is 0 Å². The molecule has 0 aliphatic carbocycles. The zero-order valence-corrected chi connectivity index (χ0v) is 11.0. The van der Waals surface area contributed by atoms with Gasteiger partial charge in [-0.25, -0.2) is 13.1 Å². The monoisotopic (exact) mass is 264 g/mol. The predicted molar refractivity (Wildman–Crippen MR) is 70.7 cm³/mol. The maximum atomic E-state index is 11.9. The zero-order valence-electron chi connectivity index (χ0n) is 10.2. The smallest absolute Gasteiger partial charge is 0.240 e. The highest BCUT2D eigenvalue weighted by Gasteiger charge is 2.12. The Kier molecular flexibility index (Phi) is 3.84. The molecule has 18 heavy (non-hydrogen) atoms. The van der Waals surface area contributed by atoms with E-state index in [1.54, 1.807) is 30.3 Å². The second kappa shape index (κ2) is 5.37. The first kappa shape index (κ1) is 12.9. The molecule has 0 bridgehead atoms. The van der Waals surface area contributed by atoms with Crippen molar-refractivity contribution < 1.29 is 8.42 Å². The van der Waals surface area contributed by atoms with Gasteiger partial charge in [0.05, 0.1) is 4.90 Å².